The van der Waals surface area contributed by atoms with Crippen molar-refractivity contribution in [3.63, 3.8) is 0 Å². The van der Waals surface area contributed by atoms with Gasteiger partial charge in [0.2, 0.25) is 0 Å². The van der Waals surface area contributed by atoms with Crippen molar-refractivity contribution in [1.82, 2.24) is 0 Å². The summed E-state index contributed by atoms with van der Waals surface area (Å²) in [5.41, 5.74) is -1.00. The van der Waals surface area contributed by atoms with Crippen LogP contribution in [0.2, 0.25) is 0 Å². The molecule has 3 N–H and O–H groups in total. The van der Waals surface area contributed by atoms with Crippen LogP contribution in [0.5, 0.6) is 0 Å². The molecule has 5 heteroatoms. The SMILES string of the molecule is CCCCCCCCCCCCCCCCCC=CC=CC(=O)OCCC(CO)(CO)CO. The predicted molar refractivity (Wildman–Crippen MR) is 137 cm³/mol. The molecule has 0 saturated heterocycles. The molecule has 0 fully saturated rings. The number of rotatable bonds is 24. The zero-order valence-electron chi connectivity index (χ0n) is 21.3. The molecule has 0 spiro atoms. The van der Waals surface area contributed by atoms with Crippen molar-refractivity contribution in [3.05, 3.63) is 24.3 Å². The molecular weight excluding hydrogens is 416 g/mol. The summed E-state index contributed by atoms with van der Waals surface area (Å²) in [7, 11) is 0. The molecule has 0 aliphatic carbocycles. The van der Waals surface area contributed by atoms with Gasteiger partial charge in [-0.05, 0) is 19.3 Å². The maximum Gasteiger partial charge on any atom is 0.330 e. The molecule has 0 saturated carbocycles. The van der Waals surface area contributed by atoms with E-state index < -0.39 is 11.4 Å². The molecule has 0 atom stereocenters. The van der Waals surface area contributed by atoms with Crippen LogP contribution in [0.4, 0.5) is 0 Å². The standard InChI is InChI=1S/C28H52O5/c1-2-3-4-5-6-7-8-9-10-11-12-13-14-15-16-17-18-19-20-21-27(32)33-23-22-28(24-29,25-30)26-31/h18-21,29-31H,2-17,22-26H2,1H3. The van der Waals surface area contributed by atoms with Crippen molar-refractivity contribution >= 4 is 5.97 Å². The van der Waals surface area contributed by atoms with Gasteiger partial charge in [-0.1, -0.05) is 115 Å². The normalized spacial score (nSPS) is 12.2. The lowest BCUT2D eigenvalue weighted by Gasteiger charge is -2.26. The number of carbonyl (C=O) groups excluding carboxylic acids is 1. The van der Waals surface area contributed by atoms with Crippen molar-refractivity contribution in [1.29, 1.82) is 0 Å². The van der Waals surface area contributed by atoms with E-state index in [0.717, 1.165) is 6.42 Å². The second-order valence-corrected chi connectivity index (χ2v) is 9.42. The number of allylic oxidation sites excluding steroid dienone is 3. The van der Waals surface area contributed by atoms with Crippen LogP contribution in [0.15, 0.2) is 24.3 Å². The van der Waals surface area contributed by atoms with Crippen molar-refractivity contribution in [3.8, 4) is 0 Å². The van der Waals surface area contributed by atoms with Gasteiger partial charge in [0.05, 0.1) is 26.4 Å². The first-order valence-electron chi connectivity index (χ1n) is 13.5. The Kier molecular flexibility index (Phi) is 23.1. The summed E-state index contributed by atoms with van der Waals surface area (Å²) < 4.78 is 5.05. The Balaban J connectivity index is 3.47. The van der Waals surface area contributed by atoms with Crippen molar-refractivity contribution in [2.45, 2.75) is 116 Å². The van der Waals surface area contributed by atoms with Crippen LogP contribution in [0, 0.1) is 5.41 Å². The van der Waals surface area contributed by atoms with Crippen LogP contribution in [0.3, 0.4) is 0 Å². The number of unbranched alkanes of at least 4 members (excludes halogenated alkanes) is 15. The highest BCUT2D eigenvalue weighted by atomic mass is 16.5. The van der Waals surface area contributed by atoms with Gasteiger partial charge in [0.15, 0.2) is 0 Å². The van der Waals surface area contributed by atoms with Crippen LogP contribution in [0.25, 0.3) is 0 Å². The Morgan fingerprint density at radius 3 is 1.61 bits per heavy atom. The van der Waals surface area contributed by atoms with Crippen LogP contribution < -0.4 is 0 Å². The number of carbonyl (C=O) groups is 1. The van der Waals surface area contributed by atoms with Crippen molar-refractivity contribution < 1.29 is 24.9 Å². The first kappa shape index (κ1) is 31.8. The lowest BCUT2D eigenvalue weighted by Crippen LogP contribution is -2.35. The van der Waals surface area contributed by atoms with E-state index in [0.29, 0.717) is 0 Å². The zero-order chi connectivity index (χ0) is 24.5. The Labute approximate surface area is 203 Å². The smallest absolute Gasteiger partial charge is 0.330 e. The highest BCUT2D eigenvalue weighted by Gasteiger charge is 2.28. The zero-order valence-corrected chi connectivity index (χ0v) is 21.3. The van der Waals surface area contributed by atoms with E-state index in [2.05, 4.69) is 13.0 Å². The quantitative estimate of drug-likeness (QED) is 0.0674. The molecule has 0 aromatic carbocycles. The minimum Gasteiger partial charge on any atom is -0.463 e. The Morgan fingerprint density at radius 2 is 1.15 bits per heavy atom. The topological polar surface area (TPSA) is 87.0 Å². The number of aliphatic hydroxyl groups is 3. The number of hydrogen-bond acceptors (Lipinski definition) is 5. The third-order valence-corrected chi connectivity index (χ3v) is 6.34. The molecule has 0 aromatic rings. The van der Waals surface area contributed by atoms with Gasteiger partial charge in [0.1, 0.15) is 0 Å². The van der Waals surface area contributed by atoms with Crippen LogP contribution in [-0.4, -0.2) is 47.7 Å². The van der Waals surface area contributed by atoms with Crippen LogP contribution in [0.1, 0.15) is 116 Å². The molecule has 0 aromatic heterocycles. The molecule has 0 bridgehead atoms. The fraction of sp³-hybridized carbons (Fsp3) is 0.821. The van der Waals surface area contributed by atoms with Crippen molar-refractivity contribution in [2.75, 3.05) is 26.4 Å². The number of aliphatic hydroxyl groups excluding tert-OH is 3. The van der Waals surface area contributed by atoms with Gasteiger partial charge in [-0.3, -0.25) is 0 Å². The minimum absolute atomic E-state index is 0.0493. The molecule has 0 unspecified atom stereocenters. The van der Waals surface area contributed by atoms with E-state index >= 15 is 0 Å². The van der Waals surface area contributed by atoms with Gasteiger partial charge in [0.25, 0.3) is 0 Å². The third-order valence-electron chi connectivity index (χ3n) is 6.34. The fourth-order valence-electron chi connectivity index (χ4n) is 3.75. The van der Waals surface area contributed by atoms with E-state index in [1.54, 1.807) is 6.08 Å². The summed E-state index contributed by atoms with van der Waals surface area (Å²) in [5.74, 6) is -0.464. The number of ether oxygens (including phenoxy) is 1. The Hall–Kier alpha value is -1.17. The number of hydrogen-bond donors (Lipinski definition) is 3. The largest absolute Gasteiger partial charge is 0.463 e. The lowest BCUT2D eigenvalue weighted by molar-refractivity contribution is -0.139. The molecule has 0 radical (unpaired) electrons. The highest BCUT2D eigenvalue weighted by Crippen LogP contribution is 2.19. The maximum absolute atomic E-state index is 11.6. The van der Waals surface area contributed by atoms with Gasteiger partial charge in [-0.15, -0.1) is 0 Å². The fourth-order valence-corrected chi connectivity index (χ4v) is 3.75. The lowest BCUT2D eigenvalue weighted by atomic mass is 9.88. The van der Waals surface area contributed by atoms with E-state index in [1.807, 2.05) is 6.08 Å². The average Bonchev–Trinajstić information content (AvgIpc) is 2.83. The molecule has 33 heavy (non-hydrogen) atoms. The molecule has 0 amide bonds. The summed E-state index contributed by atoms with van der Waals surface area (Å²) in [6.07, 6.45) is 28.7. The van der Waals surface area contributed by atoms with E-state index in [-0.39, 0.29) is 32.8 Å². The molecular formula is C28H52O5. The first-order valence-corrected chi connectivity index (χ1v) is 13.5. The van der Waals surface area contributed by atoms with Crippen LogP contribution in [-0.2, 0) is 9.53 Å². The van der Waals surface area contributed by atoms with Crippen LogP contribution >= 0.6 is 0 Å². The van der Waals surface area contributed by atoms with E-state index in [1.165, 1.54) is 102 Å². The highest BCUT2D eigenvalue weighted by molar-refractivity contribution is 5.82. The summed E-state index contributed by atoms with van der Waals surface area (Å²) in [4.78, 5) is 11.6. The molecule has 5 nitrogen and oxygen atoms in total. The molecule has 0 aliphatic rings. The van der Waals surface area contributed by atoms with E-state index in [4.69, 9.17) is 4.74 Å². The molecule has 0 heterocycles. The monoisotopic (exact) mass is 468 g/mol. The molecule has 0 aliphatic heterocycles. The first-order chi connectivity index (χ1) is 16.1. The summed E-state index contributed by atoms with van der Waals surface area (Å²) in [6, 6.07) is 0. The second-order valence-electron chi connectivity index (χ2n) is 9.42. The predicted octanol–water partition coefficient (Wildman–Crippen LogP) is 6.26. The molecule has 0 rings (SSSR count). The van der Waals surface area contributed by atoms with E-state index in [9.17, 15) is 20.1 Å². The Bertz CT molecular complexity index is 474. The third kappa shape index (κ3) is 20.0. The second kappa shape index (κ2) is 24.0. The summed E-state index contributed by atoms with van der Waals surface area (Å²) in [5, 5.41) is 27.7. The summed E-state index contributed by atoms with van der Waals surface area (Å²) >= 11 is 0. The average molecular weight is 469 g/mol. The van der Waals surface area contributed by atoms with Gasteiger partial charge in [0, 0.05) is 11.5 Å². The summed E-state index contributed by atoms with van der Waals surface area (Å²) in [6.45, 7) is 1.27. The minimum atomic E-state index is -1.00. The van der Waals surface area contributed by atoms with Crippen molar-refractivity contribution in [2.24, 2.45) is 5.41 Å². The van der Waals surface area contributed by atoms with Gasteiger partial charge < -0.3 is 20.1 Å². The van der Waals surface area contributed by atoms with Gasteiger partial charge in [-0.25, -0.2) is 4.79 Å². The van der Waals surface area contributed by atoms with Gasteiger partial charge >= 0.3 is 5.97 Å². The molecule has 194 valence electrons. The Morgan fingerprint density at radius 1 is 0.697 bits per heavy atom. The van der Waals surface area contributed by atoms with Gasteiger partial charge in [-0.2, -0.15) is 0 Å². The maximum atomic E-state index is 11.6. The number of esters is 1.